The Morgan fingerprint density at radius 3 is 2.63 bits per heavy atom. The summed E-state index contributed by atoms with van der Waals surface area (Å²) in [6.07, 6.45) is 0.191. The highest BCUT2D eigenvalue weighted by atomic mass is 19.4. The highest BCUT2D eigenvalue weighted by Crippen LogP contribution is 2.29. The van der Waals surface area contributed by atoms with Crippen molar-refractivity contribution in [3.63, 3.8) is 0 Å². The zero-order valence-corrected chi connectivity index (χ0v) is 10.1. The Balaban J connectivity index is 2.48. The number of hydrogen-bond acceptors (Lipinski definition) is 4. The van der Waals surface area contributed by atoms with Crippen molar-refractivity contribution < 1.29 is 13.2 Å². The number of hydrogen-bond donors (Lipinski definition) is 1. The van der Waals surface area contributed by atoms with Crippen LogP contribution in [0, 0.1) is 0 Å². The van der Waals surface area contributed by atoms with Crippen LogP contribution in [-0.2, 0) is 0 Å². The molecule has 0 fully saturated rings. The number of allylic oxidation sites excluding steroid dienone is 2. The number of aromatic nitrogens is 2. The lowest BCUT2D eigenvalue weighted by molar-refractivity contribution is -0.0573. The molecule has 0 aromatic carbocycles. The Morgan fingerprint density at radius 1 is 1.16 bits per heavy atom. The van der Waals surface area contributed by atoms with Crippen molar-refractivity contribution in [2.24, 2.45) is 4.99 Å². The van der Waals surface area contributed by atoms with Crippen LogP contribution in [-0.4, -0.2) is 28.4 Å². The molecule has 1 aliphatic rings. The first-order valence-electron chi connectivity index (χ1n) is 5.88. The molecular weight excluding hydrogens is 257 g/mol. The van der Waals surface area contributed by atoms with E-state index in [9.17, 15) is 13.2 Å². The average molecular weight is 270 g/mol. The number of rotatable bonds is 1. The second-order valence-electron chi connectivity index (χ2n) is 4.17. The highest BCUT2D eigenvalue weighted by molar-refractivity contribution is 6.26. The number of nitrogens with two attached hydrogens (primary N) is 1. The summed E-state index contributed by atoms with van der Waals surface area (Å²) in [6.45, 7) is 0.173. The van der Waals surface area contributed by atoms with Crippen LogP contribution in [0.1, 0.15) is 25.0 Å². The summed E-state index contributed by atoms with van der Waals surface area (Å²) in [4.78, 5) is 11.2. The molecule has 0 aliphatic carbocycles. The Hall–Kier alpha value is -1.92. The molecule has 0 atom stereocenters. The maximum absolute atomic E-state index is 13.0. The second-order valence-corrected chi connectivity index (χ2v) is 4.17. The quantitative estimate of drug-likeness (QED) is 0.853. The van der Waals surface area contributed by atoms with Crippen LogP contribution in [0.3, 0.4) is 0 Å². The lowest BCUT2D eigenvalue weighted by Gasteiger charge is -2.16. The van der Waals surface area contributed by atoms with E-state index in [1.807, 2.05) is 0 Å². The third-order valence-corrected chi connectivity index (χ3v) is 2.72. The predicted octanol–water partition coefficient (Wildman–Crippen LogP) is 2.63. The molecule has 1 aliphatic heterocycles. The van der Waals surface area contributed by atoms with Crippen molar-refractivity contribution in [3.8, 4) is 0 Å². The fourth-order valence-corrected chi connectivity index (χ4v) is 1.86. The molecule has 2 rings (SSSR count). The summed E-state index contributed by atoms with van der Waals surface area (Å²) < 4.78 is 39.1. The van der Waals surface area contributed by atoms with E-state index in [1.54, 1.807) is 0 Å². The van der Waals surface area contributed by atoms with E-state index in [4.69, 9.17) is 5.73 Å². The van der Waals surface area contributed by atoms with Gasteiger partial charge >= 0.3 is 6.18 Å². The van der Waals surface area contributed by atoms with E-state index < -0.39 is 11.9 Å². The smallest absolute Gasteiger partial charge is 0.384 e. The topological polar surface area (TPSA) is 64.2 Å². The van der Waals surface area contributed by atoms with Crippen LogP contribution in [0.15, 0.2) is 23.5 Å². The van der Waals surface area contributed by atoms with Gasteiger partial charge in [-0.3, -0.25) is 4.99 Å². The molecule has 0 saturated carbocycles. The number of nitrogen functional groups attached to an aromatic ring is 1. The van der Waals surface area contributed by atoms with Gasteiger partial charge in [-0.15, -0.1) is 0 Å². The summed E-state index contributed by atoms with van der Waals surface area (Å²) in [5.74, 6) is 0.134. The summed E-state index contributed by atoms with van der Waals surface area (Å²) in [5.41, 5.74) is 4.75. The Morgan fingerprint density at radius 2 is 1.95 bits per heavy atom. The van der Waals surface area contributed by atoms with Gasteiger partial charge in [0.2, 0.25) is 0 Å². The SMILES string of the molecule is Nc1cc(C2=CCCCCN=C2C(F)(F)F)ncn1. The largest absolute Gasteiger partial charge is 0.433 e. The maximum atomic E-state index is 13.0. The number of halogens is 3. The van der Waals surface area contributed by atoms with Crippen molar-refractivity contribution in [1.82, 2.24) is 9.97 Å². The molecule has 0 unspecified atom stereocenters. The Kier molecular flexibility index (Phi) is 3.82. The molecule has 2 N–H and O–H groups in total. The first-order valence-corrected chi connectivity index (χ1v) is 5.88. The van der Waals surface area contributed by atoms with Crippen molar-refractivity contribution in [2.75, 3.05) is 12.3 Å². The third-order valence-electron chi connectivity index (χ3n) is 2.72. The molecule has 1 aromatic heterocycles. The van der Waals surface area contributed by atoms with Crippen molar-refractivity contribution in [3.05, 3.63) is 24.2 Å². The van der Waals surface area contributed by atoms with Gasteiger partial charge < -0.3 is 5.73 Å². The zero-order valence-electron chi connectivity index (χ0n) is 10.1. The van der Waals surface area contributed by atoms with Gasteiger partial charge in [0.15, 0.2) is 0 Å². The molecule has 7 heteroatoms. The van der Waals surface area contributed by atoms with Gasteiger partial charge in [0.1, 0.15) is 17.9 Å². The second kappa shape index (κ2) is 5.38. The first-order chi connectivity index (χ1) is 8.98. The molecule has 2 heterocycles. The van der Waals surface area contributed by atoms with Crippen molar-refractivity contribution in [2.45, 2.75) is 25.4 Å². The van der Waals surface area contributed by atoms with E-state index in [2.05, 4.69) is 15.0 Å². The molecular formula is C12H13F3N4. The summed E-state index contributed by atoms with van der Waals surface area (Å²) in [5, 5.41) is 0. The molecule has 102 valence electrons. The van der Waals surface area contributed by atoms with E-state index in [-0.39, 0.29) is 23.6 Å². The Labute approximate surface area is 108 Å². The first kappa shape index (κ1) is 13.5. The van der Waals surface area contributed by atoms with Crippen LogP contribution in [0.25, 0.3) is 5.57 Å². The van der Waals surface area contributed by atoms with Crippen molar-refractivity contribution >= 4 is 17.1 Å². The standard InChI is InChI=1S/C12H13F3N4/c13-12(14,15)11-8(4-2-1-3-5-17-11)9-6-10(16)19-7-18-9/h4,6-7H,1-3,5H2,(H2,16,18,19). The van der Waals surface area contributed by atoms with Crippen LogP contribution in [0.4, 0.5) is 19.0 Å². The fourth-order valence-electron chi connectivity index (χ4n) is 1.86. The normalized spacial score (nSPS) is 17.2. The molecule has 0 radical (unpaired) electrons. The molecule has 0 amide bonds. The maximum Gasteiger partial charge on any atom is 0.433 e. The zero-order chi connectivity index (χ0) is 13.9. The lowest BCUT2D eigenvalue weighted by atomic mass is 10.0. The lowest BCUT2D eigenvalue weighted by Crippen LogP contribution is -2.26. The van der Waals surface area contributed by atoms with Crippen molar-refractivity contribution in [1.29, 1.82) is 0 Å². The minimum Gasteiger partial charge on any atom is -0.384 e. The minimum atomic E-state index is -4.50. The molecule has 0 bridgehead atoms. The van der Waals surface area contributed by atoms with E-state index in [1.165, 1.54) is 12.1 Å². The summed E-state index contributed by atoms with van der Waals surface area (Å²) in [7, 11) is 0. The molecule has 0 saturated heterocycles. The summed E-state index contributed by atoms with van der Waals surface area (Å²) in [6, 6.07) is 1.33. The van der Waals surface area contributed by atoms with Gasteiger partial charge in [-0.2, -0.15) is 13.2 Å². The van der Waals surface area contributed by atoms with Crippen LogP contribution in [0.2, 0.25) is 0 Å². The molecule has 4 nitrogen and oxygen atoms in total. The van der Waals surface area contributed by atoms with Gasteiger partial charge in [0, 0.05) is 18.2 Å². The minimum absolute atomic E-state index is 0.0127. The highest BCUT2D eigenvalue weighted by Gasteiger charge is 2.38. The van der Waals surface area contributed by atoms with E-state index >= 15 is 0 Å². The predicted molar refractivity (Wildman–Crippen MR) is 66.6 cm³/mol. The molecule has 1 aromatic rings. The fraction of sp³-hybridized carbons (Fsp3) is 0.417. The molecule has 0 spiro atoms. The number of alkyl halides is 3. The van der Waals surface area contributed by atoms with Gasteiger partial charge in [-0.25, -0.2) is 9.97 Å². The van der Waals surface area contributed by atoms with Crippen LogP contribution in [0.5, 0.6) is 0 Å². The Bertz CT molecular complexity index is 520. The van der Waals surface area contributed by atoms with Gasteiger partial charge in [0.05, 0.1) is 5.69 Å². The van der Waals surface area contributed by atoms with Gasteiger partial charge in [-0.1, -0.05) is 6.08 Å². The monoisotopic (exact) mass is 270 g/mol. The van der Waals surface area contributed by atoms with Gasteiger partial charge in [0.25, 0.3) is 0 Å². The number of anilines is 1. The van der Waals surface area contributed by atoms with Crippen LogP contribution < -0.4 is 5.73 Å². The van der Waals surface area contributed by atoms with Gasteiger partial charge in [-0.05, 0) is 19.3 Å². The summed E-state index contributed by atoms with van der Waals surface area (Å²) >= 11 is 0. The molecule has 19 heavy (non-hydrogen) atoms. The van der Waals surface area contributed by atoms with E-state index in [0.717, 1.165) is 12.7 Å². The van der Waals surface area contributed by atoms with Crippen LogP contribution >= 0.6 is 0 Å². The van der Waals surface area contributed by atoms with E-state index in [0.29, 0.717) is 12.8 Å². The number of aliphatic imine (C=N–C) groups is 1. The third kappa shape index (κ3) is 3.30. The average Bonchev–Trinajstić information content (AvgIpc) is 2.26. The number of nitrogens with zero attached hydrogens (tertiary/aromatic N) is 3.